The molecule has 0 radical (unpaired) electrons. The molecule has 134 valence electrons. The molecule has 5 heteroatoms. The lowest BCUT2D eigenvalue weighted by atomic mass is 10.1. The van der Waals surface area contributed by atoms with Crippen LogP contribution in [0.25, 0.3) is 11.1 Å². The molecule has 0 fully saturated rings. The van der Waals surface area contributed by atoms with Crippen LogP contribution in [0.1, 0.15) is 5.56 Å². The zero-order valence-corrected chi connectivity index (χ0v) is 15.4. The highest BCUT2D eigenvalue weighted by Gasteiger charge is 2.02. The Morgan fingerprint density at radius 3 is 2.12 bits per heavy atom. The molecule has 3 aromatic rings. The van der Waals surface area contributed by atoms with Gasteiger partial charge in [-0.05, 0) is 55.9 Å². The number of aromatic nitrogens is 2. The van der Waals surface area contributed by atoms with E-state index >= 15 is 0 Å². The number of benzene rings is 2. The number of rotatable bonds is 7. The molecule has 0 aliphatic rings. The number of nitrogens with zero attached hydrogens (tertiary/aromatic N) is 3. The van der Waals surface area contributed by atoms with Crippen molar-refractivity contribution in [2.24, 2.45) is 0 Å². The Bertz CT molecular complexity index is 812. The van der Waals surface area contributed by atoms with Gasteiger partial charge < -0.3 is 15.0 Å². The lowest BCUT2D eigenvalue weighted by Gasteiger charge is -2.10. The second-order valence-electron chi connectivity index (χ2n) is 6.40. The van der Waals surface area contributed by atoms with Gasteiger partial charge in [-0.3, -0.25) is 0 Å². The number of hydrogen-bond donors (Lipinski definition) is 1. The van der Waals surface area contributed by atoms with Crippen LogP contribution in [0.5, 0.6) is 5.75 Å². The first-order valence-corrected chi connectivity index (χ1v) is 8.61. The SMILES string of the molecule is COc1ccc(-c2cnc(Nc3ccc(CCN(C)C)cc3)nc2)cc1. The van der Waals surface area contributed by atoms with E-state index in [4.69, 9.17) is 4.74 Å². The summed E-state index contributed by atoms with van der Waals surface area (Å²) in [5.74, 6) is 1.42. The van der Waals surface area contributed by atoms with Crippen molar-refractivity contribution in [3.8, 4) is 16.9 Å². The molecule has 0 saturated carbocycles. The average molecular weight is 348 g/mol. The van der Waals surface area contributed by atoms with E-state index in [-0.39, 0.29) is 0 Å². The molecule has 0 amide bonds. The number of anilines is 2. The second kappa shape index (κ2) is 8.45. The highest BCUT2D eigenvalue weighted by Crippen LogP contribution is 2.22. The monoisotopic (exact) mass is 348 g/mol. The van der Waals surface area contributed by atoms with E-state index in [0.717, 1.165) is 35.5 Å². The molecule has 5 nitrogen and oxygen atoms in total. The maximum Gasteiger partial charge on any atom is 0.227 e. The van der Waals surface area contributed by atoms with Gasteiger partial charge in [-0.2, -0.15) is 0 Å². The van der Waals surface area contributed by atoms with Crippen molar-refractivity contribution in [3.05, 3.63) is 66.5 Å². The van der Waals surface area contributed by atoms with E-state index in [9.17, 15) is 0 Å². The molecule has 26 heavy (non-hydrogen) atoms. The fourth-order valence-electron chi connectivity index (χ4n) is 2.56. The summed E-state index contributed by atoms with van der Waals surface area (Å²) in [6.07, 6.45) is 4.69. The van der Waals surface area contributed by atoms with Crippen LogP contribution in [0.3, 0.4) is 0 Å². The average Bonchev–Trinajstić information content (AvgIpc) is 2.68. The van der Waals surface area contributed by atoms with Gasteiger partial charge in [0.15, 0.2) is 0 Å². The normalized spacial score (nSPS) is 10.8. The summed E-state index contributed by atoms with van der Waals surface area (Å²) in [6, 6.07) is 16.2. The molecule has 0 bridgehead atoms. The minimum absolute atomic E-state index is 0.586. The molecule has 3 rings (SSSR count). The Morgan fingerprint density at radius 2 is 1.54 bits per heavy atom. The summed E-state index contributed by atoms with van der Waals surface area (Å²) in [6.45, 7) is 1.04. The zero-order chi connectivity index (χ0) is 18.4. The van der Waals surface area contributed by atoms with Gasteiger partial charge in [0.25, 0.3) is 0 Å². The zero-order valence-electron chi connectivity index (χ0n) is 15.4. The Kier molecular flexibility index (Phi) is 5.81. The summed E-state index contributed by atoms with van der Waals surface area (Å²) in [7, 11) is 5.83. The van der Waals surface area contributed by atoms with Gasteiger partial charge in [0.05, 0.1) is 7.11 Å². The lowest BCUT2D eigenvalue weighted by molar-refractivity contribution is 0.413. The summed E-state index contributed by atoms with van der Waals surface area (Å²) >= 11 is 0. The molecule has 1 N–H and O–H groups in total. The van der Waals surface area contributed by atoms with Crippen LogP contribution in [0, 0.1) is 0 Å². The van der Waals surface area contributed by atoms with Gasteiger partial charge in [-0.1, -0.05) is 24.3 Å². The van der Waals surface area contributed by atoms with Gasteiger partial charge in [0.1, 0.15) is 5.75 Å². The third-order valence-electron chi connectivity index (χ3n) is 4.13. The third-order valence-corrected chi connectivity index (χ3v) is 4.13. The molecule has 0 saturated heterocycles. The van der Waals surface area contributed by atoms with Crippen LogP contribution in [0.15, 0.2) is 60.9 Å². The van der Waals surface area contributed by atoms with Crippen molar-refractivity contribution in [1.82, 2.24) is 14.9 Å². The maximum atomic E-state index is 5.18. The number of nitrogens with one attached hydrogen (secondary N) is 1. The predicted octanol–water partition coefficient (Wildman–Crippen LogP) is 4.00. The van der Waals surface area contributed by atoms with E-state index < -0.39 is 0 Å². The Hall–Kier alpha value is -2.92. The first-order valence-electron chi connectivity index (χ1n) is 8.61. The van der Waals surface area contributed by atoms with Gasteiger partial charge in [0, 0.05) is 30.2 Å². The highest BCUT2D eigenvalue weighted by molar-refractivity contribution is 5.63. The minimum Gasteiger partial charge on any atom is -0.497 e. The molecular formula is C21H24N4O. The van der Waals surface area contributed by atoms with Crippen molar-refractivity contribution < 1.29 is 4.74 Å². The number of ether oxygens (including phenoxy) is 1. The summed E-state index contributed by atoms with van der Waals surface area (Å²) < 4.78 is 5.18. The van der Waals surface area contributed by atoms with E-state index in [1.807, 2.05) is 36.7 Å². The van der Waals surface area contributed by atoms with Crippen LogP contribution >= 0.6 is 0 Å². The molecular weight excluding hydrogens is 324 g/mol. The summed E-state index contributed by atoms with van der Waals surface area (Å²) in [4.78, 5) is 11.0. The fraction of sp³-hybridized carbons (Fsp3) is 0.238. The van der Waals surface area contributed by atoms with E-state index in [1.54, 1.807) is 7.11 Å². The standard InChI is InChI=1S/C21H24N4O/c1-25(2)13-12-16-4-8-19(9-5-16)24-21-22-14-18(15-23-21)17-6-10-20(26-3)11-7-17/h4-11,14-15H,12-13H2,1-3H3,(H,22,23,24). The molecule has 0 atom stereocenters. The number of methoxy groups -OCH3 is 1. The molecule has 2 aromatic carbocycles. The number of likely N-dealkylation sites (N-methyl/N-ethyl adjacent to an activating group) is 1. The van der Waals surface area contributed by atoms with Crippen molar-refractivity contribution in [3.63, 3.8) is 0 Å². The van der Waals surface area contributed by atoms with Crippen LogP contribution in [-0.4, -0.2) is 42.6 Å². The predicted molar refractivity (Wildman–Crippen MR) is 106 cm³/mol. The van der Waals surface area contributed by atoms with Crippen LogP contribution in [0.2, 0.25) is 0 Å². The van der Waals surface area contributed by atoms with Crippen LogP contribution in [0.4, 0.5) is 11.6 Å². The minimum atomic E-state index is 0.586. The van der Waals surface area contributed by atoms with Gasteiger partial charge in [-0.25, -0.2) is 9.97 Å². The Balaban J connectivity index is 1.63. The quantitative estimate of drug-likeness (QED) is 0.699. The Morgan fingerprint density at radius 1 is 0.885 bits per heavy atom. The third kappa shape index (κ3) is 4.80. The van der Waals surface area contributed by atoms with E-state index in [1.165, 1.54) is 5.56 Å². The first-order chi connectivity index (χ1) is 12.6. The van der Waals surface area contributed by atoms with Crippen molar-refractivity contribution in [2.75, 3.05) is 33.1 Å². The summed E-state index contributed by atoms with van der Waals surface area (Å²) in [5, 5.41) is 3.24. The highest BCUT2D eigenvalue weighted by atomic mass is 16.5. The van der Waals surface area contributed by atoms with E-state index in [2.05, 4.69) is 58.5 Å². The molecule has 0 unspecified atom stereocenters. The van der Waals surface area contributed by atoms with E-state index in [0.29, 0.717) is 5.95 Å². The second-order valence-corrected chi connectivity index (χ2v) is 6.40. The molecule has 1 aromatic heterocycles. The topological polar surface area (TPSA) is 50.3 Å². The van der Waals surface area contributed by atoms with Crippen molar-refractivity contribution >= 4 is 11.6 Å². The molecule has 1 heterocycles. The Labute approximate surface area is 154 Å². The molecule has 0 spiro atoms. The number of hydrogen-bond acceptors (Lipinski definition) is 5. The largest absolute Gasteiger partial charge is 0.497 e. The van der Waals surface area contributed by atoms with Gasteiger partial charge >= 0.3 is 0 Å². The van der Waals surface area contributed by atoms with Crippen LogP contribution in [-0.2, 0) is 6.42 Å². The first kappa shape index (κ1) is 17.9. The maximum absolute atomic E-state index is 5.18. The lowest BCUT2D eigenvalue weighted by Crippen LogP contribution is -2.14. The van der Waals surface area contributed by atoms with Crippen LogP contribution < -0.4 is 10.1 Å². The van der Waals surface area contributed by atoms with Crippen molar-refractivity contribution in [1.29, 1.82) is 0 Å². The van der Waals surface area contributed by atoms with Gasteiger partial charge in [-0.15, -0.1) is 0 Å². The summed E-state index contributed by atoms with van der Waals surface area (Å²) in [5.41, 5.74) is 4.33. The fourth-order valence-corrected chi connectivity index (χ4v) is 2.56. The van der Waals surface area contributed by atoms with Crippen molar-refractivity contribution in [2.45, 2.75) is 6.42 Å². The smallest absolute Gasteiger partial charge is 0.227 e. The molecule has 0 aliphatic carbocycles. The molecule has 0 aliphatic heterocycles. The van der Waals surface area contributed by atoms with Gasteiger partial charge in [0.2, 0.25) is 5.95 Å².